The highest BCUT2D eigenvalue weighted by atomic mass is 19.3. The maximum Gasteiger partial charge on any atom is 0.337 e. The first-order valence-corrected chi connectivity index (χ1v) is 2.64. The number of hydrogen-bond acceptors (Lipinski definition) is 0. The van der Waals surface area contributed by atoms with E-state index in [2.05, 4.69) is 0 Å². The van der Waals surface area contributed by atoms with Crippen LogP contribution in [-0.4, -0.2) is 18.5 Å². The Labute approximate surface area is 59.2 Å². The van der Waals surface area contributed by atoms with Gasteiger partial charge >= 0.3 is 12.3 Å². The van der Waals surface area contributed by atoms with Gasteiger partial charge in [-0.15, -0.1) is 0 Å². The predicted octanol–water partition coefficient (Wildman–Crippen LogP) is 2.75. The van der Waals surface area contributed by atoms with Crippen LogP contribution in [0.25, 0.3) is 0 Å². The van der Waals surface area contributed by atoms with E-state index in [4.69, 9.17) is 0 Å². The van der Waals surface area contributed by atoms with Crippen molar-refractivity contribution in [1.29, 1.82) is 0 Å². The molecule has 0 saturated heterocycles. The molecule has 0 aliphatic heterocycles. The van der Waals surface area contributed by atoms with Crippen molar-refractivity contribution in [2.75, 3.05) is 0 Å². The van der Waals surface area contributed by atoms with Crippen LogP contribution in [0.15, 0.2) is 0 Å². The van der Waals surface area contributed by atoms with Crippen molar-refractivity contribution in [2.24, 2.45) is 0 Å². The molecule has 0 aliphatic rings. The van der Waals surface area contributed by atoms with Gasteiger partial charge in [0.1, 0.15) is 6.67 Å². The SMILES string of the molecule is F[CH]CC(F)C(F)(F)C(F)F. The first-order chi connectivity index (χ1) is 4.92. The minimum absolute atomic E-state index is 0.416. The average molecular weight is 179 g/mol. The summed E-state index contributed by atoms with van der Waals surface area (Å²) in [7, 11) is 0. The average Bonchev–Trinajstić information content (AvgIpc) is 1.88. The van der Waals surface area contributed by atoms with Crippen LogP contribution >= 0.6 is 0 Å². The summed E-state index contributed by atoms with van der Waals surface area (Å²) in [6.45, 7) is -0.416. The van der Waals surface area contributed by atoms with Crippen LogP contribution in [0.4, 0.5) is 26.3 Å². The molecule has 0 spiro atoms. The van der Waals surface area contributed by atoms with Crippen LogP contribution in [0.5, 0.6) is 0 Å². The zero-order chi connectivity index (χ0) is 9.07. The fourth-order valence-corrected chi connectivity index (χ4v) is 0.372. The van der Waals surface area contributed by atoms with Gasteiger partial charge in [-0.2, -0.15) is 8.78 Å². The van der Waals surface area contributed by atoms with E-state index >= 15 is 0 Å². The van der Waals surface area contributed by atoms with E-state index in [0.717, 1.165) is 0 Å². The van der Waals surface area contributed by atoms with Gasteiger partial charge in [0.25, 0.3) is 0 Å². The maximum absolute atomic E-state index is 11.9. The third kappa shape index (κ3) is 2.59. The van der Waals surface area contributed by atoms with Gasteiger partial charge in [-0.3, -0.25) is 0 Å². The van der Waals surface area contributed by atoms with Crippen LogP contribution in [0.3, 0.4) is 0 Å². The molecule has 0 saturated carbocycles. The third-order valence-electron chi connectivity index (χ3n) is 1.00. The summed E-state index contributed by atoms with van der Waals surface area (Å²) < 4.78 is 69.2. The van der Waals surface area contributed by atoms with E-state index in [1.54, 1.807) is 0 Å². The Morgan fingerprint density at radius 2 is 1.64 bits per heavy atom. The number of rotatable bonds is 4. The zero-order valence-electron chi connectivity index (χ0n) is 5.21. The molecule has 67 valence electrons. The molecular weight excluding hydrogens is 174 g/mol. The molecule has 0 aromatic carbocycles. The standard InChI is InChI=1S/C5H5F6/c6-2-1-3(7)5(10,11)4(8)9/h2-4H,1H2. The van der Waals surface area contributed by atoms with E-state index in [1.165, 1.54) is 0 Å². The highest BCUT2D eigenvalue weighted by Crippen LogP contribution is 2.31. The lowest BCUT2D eigenvalue weighted by Gasteiger charge is -2.17. The Morgan fingerprint density at radius 3 is 1.91 bits per heavy atom. The molecule has 1 unspecified atom stereocenters. The van der Waals surface area contributed by atoms with Gasteiger partial charge in [0, 0.05) is 6.42 Å². The summed E-state index contributed by atoms with van der Waals surface area (Å²) in [6.07, 6.45) is -8.58. The molecule has 0 aliphatic carbocycles. The minimum Gasteiger partial charge on any atom is -0.244 e. The molecule has 6 heteroatoms. The van der Waals surface area contributed by atoms with Crippen molar-refractivity contribution in [3.05, 3.63) is 6.67 Å². The monoisotopic (exact) mass is 179 g/mol. The van der Waals surface area contributed by atoms with Crippen molar-refractivity contribution in [3.8, 4) is 0 Å². The molecule has 0 nitrogen and oxygen atoms in total. The maximum atomic E-state index is 11.9. The lowest BCUT2D eigenvalue weighted by molar-refractivity contribution is -0.171. The Balaban J connectivity index is 4.05. The summed E-state index contributed by atoms with van der Waals surface area (Å²) >= 11 is 0. The van der Waals surface area contributed by atoms with E-state index < -0.39 is 31.6 Å². The number of alkyl halides is 5. The molecule has 11 heavy (non-hydrogen) atoms. The Hall–Kier alpha value is -0.420. The summed E-state index contributed by atoms with van der Waals surface area (Å²) in [5.41, 5.74) is 0. The zero-order valence-corrected chi connectivity index (χ0v) is 5.21. The fourth-order valence-electron chi connectivity index (χ4n) is 0.372. The van der Waals surface area contributed by atoms with E-state index in [9.17, 15) is 26.3 Å². The Bertz CT molecular complexity index is 112. The van der Waals surface area contributed by atoms with Crippen LogP contribution in [0, 0.1) is 6.67 Å². The second kappa shape index (κ2) is 3.82. The second-order valence-corrected chi connectivity index (χ2v) is 1.83. The second-order valence-electron chi connectivity index (χ2n) is 1.83. The van der Waals surface area contributed by atoms with Gasteiger partial charge in [0.2, 0.25) is 0 Å². The minimum atomic E-state index is -4.76. The molecule has 1 radical (unpaired) electrons. The predicted molar refractivity (Wildman–Crippen MR) is 25.9 cm³/mol. The summed E-state index contributed by atoms with van der Waals surface area (Å²) in [4.78, 5) is 0. The number of halogens is 6. The first kappa shape index (κ1) is 10.6. The Morgan fingerprint density at radius 1 is 1.18 bits per heavy atom. The molecule has 0 heterocycles. The van der Waals surface area contributed by atoms with Gasteiger partial charge in [-0.05, 0) is 0 Å². The van der Waals surface area contributed by atoms with Gasteiger partial charge in [0.05, 0.1) is 0 Å². The molecule has 0 N–H and O–H groups in total. The van der Waals surface area contributed by atoms with Crippen LogP contribution in [0.1, 0.15) is 6.42 Å². The third-order valence-corrected chi connectivity index (χ3v) is 1.00. The lowest BCUT2D eigenvalue weighted by atomic mass is 10.1. The molecule has 0 bridgehead atoms. The lowest BCUT2D eigenvalue weighted by Crippen LogP contribution is -2.37. The van der Waals surface area contributed by atoms with Crippen molar-refractivity contribution >= 4 is 0 Å². The van der Waals surface area contributed by atoms with Crippen LogP contribution < -0.4 is 0 Å². The van der Waals surface area contributed by atoms with Crippen molar-refractivity contribution in [3.63, 3.8) is 0 Å². The molecular formula is C5H5F6. The summed E-state index contributed by atoms with van der Waals surface area (Å²) in [5.74, 6) is -4.76. The van der Waals surface area contributed by atoms with Crippen molar-refractivity contribution in [1.82, 2.24) is 0 Å². The summed E-state index contributed by atoms with van der Waals surface area (Å²) in [6, 6.07) is 0. The quantitative estimate of drug-likeness (QED) is 0.582. The molecule has 0 rings (SSSR count). The normalized spacial score (nSPS) is 15.5. The topological polar surface area (TPSA) is 0 Å². The van der Waals surface area contributed by atoms with E-state index in [0.29, 0.717) is 0 Å². The molecule has 0 fully saturated rings. The Kier molecular flexibility index (Phi) is 3.68. The molecule has 0 amide bonds. The first-order valence-electron chi connectivity index (χ1n) is 2.64. The molecule has 1 atom stereocenters. The van der Waals surface area contributed by atoms with Crippen LogP contribution in [0.2, 0.25) is 0 Å². The van der Waals surface area contributed by atoms with Crippen molar-refractivity contribution < 1.29 is 26.3 Å². The smallest absolute Gasteiger partial charge is 0.244 e. The fraction of sp³-hybridized carbons (Fsp3) is 0.800. The highest BCUT2D eigenvalue weighted by Gasteiger charge is 2.49. The highest BCUT2D eigenvalue weighted by molar-refractivity contribution is 4.81. The van der Waals surface area contributed by atoms with Gasteiger partial charge < -0.3 is 0 Å². The van der Waals surface area contributed by atoms with Crippen LogP contribution in [-0.2, 0) is 0 Å². The van der Waals surface area contributed by atoms with E-state index in [-0.39, 0.29) is 0 Å². The van der Waals surface area contributed by atoms with E-state index in [1.807, 2.05) is 0 Å². The van der Waals surface area contributed by atoms with Gasteiger partial charge in [0.15, 0.2) is 6.17 Å². The van der Waals surface area contributed by atoms with Gasteiger partial charge in [-0.1, -0.05) is 0 Å². The largest absolute Gasteiger partial charge is 0.337 e. The number of hydrogen-bond donors (Lipinski definition) is 0. The van der Waals surface area contributed by atoms with Crippen molar-refractivity contribution in [2.45, 2.75) is 24.9 Å². The summed E-state index contributed by atoms with van der Waals surface area (Å²) in [5, 5.41) is 0. The molecule has 0 aromatic heterocycles. The molecule has 0 aromatic rings. The van der Waals surface area contributed by atoms with Gasteiger partial charge in [-0.25, -0.2) is 17.6 Å².